The summed E-state index contributed by atoms with van der Waals surface area (Å²) in [6.07, 6.45) is 44.8. The van der Waals surface area contributed by atoms with Crippen LogP contribution in [0.1, 0.15) is 345 Å². The highest BCUT2D eigenvalue weighted by Gasteiger charge is 2.34. The van der Waals surface area contributed by atoms with Crippen LogP contribution in [0.15, 0.2) is 231 Å². The first kappa shape index (κ1) is 91.0. The van der Waals surface area contributed by atoms with Gasteiger partial charge >= 0.3 is 0 Å². The molecule has 0 N–H and O–H groups in total. The van der Waals surface area contributed by atoms with Crippen LogP contribution in [0.25, 0.3) is 110 Å². The molecule has 7 aliphatic rings. The van der Waals surface area contributed by atoms with E-state index in [2.05, 4.69) is 334 Å². The van der Waals surface area contributed by atoms with Crippen molar-refractivity contribution in [1.29, 1.82) is 0 Å². The molecular formula is C129H154N5+5. The second-order valence-corrected chi connectivity index (χ2v) is 42.3. The Balaban J connectivity index is 0.000000114. The third-order valence-electron chi connectivity index (χ3n) is 33.8. The molecule has 0 aliphatic heterocycles. The molecular weight excluding hydrogens is 1620 g/mol. The first-order valence-corrected chi connectivity index (χ1v) is 52.6. The lowest BCUT2D eigenvalue weighted by Crippen LogP contribution is -2.35. The Morgan fingerprint density at radius 1 is 0.209 bits per heavy atom. The Morgan fingerprint density at radius 3 is 0.776 bits per heavy atom. The van der Waals surface area contributed by atoms with Crippen molar-refractivity contribution in [3.05, 3.63) is 326 Å². The van der Waals surface area contributed by atoms with Crippen molar-refractivity contribution in [3.8, 4) is 56.3 Å². The third kappa shape index (κ3) is 20.0. The fourth-order valence-corrected chi connectivity index (χ4v) is 25.4. The van der Waals surface area contributed by atoms with Gasteiger partial charge in [0.05, 0.1) is 49.2 Å². The van der Waals surface area contributed by atoms with Crippen LogP contribution in [0.4, 0.5) is 0 Å². The smallest absolute Gasteiger partial charge is 0.200 e. The topological polar surface area (TPSA) is 19.4 Å². The molecule has 0 bridgehead atoms. The molecule has 7 saturated carbocycles. The number of fused-ring (bicyclic) bond motifs is 5. The van der Waals surface area contributed by atoms with Gasteiger partial charge in [0.2, 0.25) is 28.5 Å². The number of hydrogen-bond donors (Lipinski definition) is 0. The van der Waals surface area contributed by atoms with Crippen molar-refractivity contribution in [2.24, 2.45) is 35.2 Å². The predicted molar refractivity (Wildman–Crippen MR) is 567 cm³/mol. The van der Waals surface area contributed by atoms with Gasteiger partial charge in [0.25, 0.3) is 0 Å². The Bertz CT molecular complexity index is 6880. The molecule has 0 radical (unpaired) electrons. The number of benzene rings is 10. The van der Waals surface area contributed by atoms with Crippen LogP contribution in [0, 0.1) is 69.2 Å². The average Bonchev–Trinajstić information content (AvgIpc) is 1.25. The summed E-state index contributed by atoms with van der Waals surface area (Å²) >= 11 is 0. The first-order valence-electron chi connectivity index (χ1n) is 53.6. The van der Waals surface area contributed by atoms with E-state index in [1.807, 2.05) is 12.1 Å². The van der Waals surface area contributed by atoms with Crippen LogP contribution in [0.5, 0.6) is 0 Å². The standard InChI is InChI=1S/C29H36N.C27H32N.C25H30N.2C24H28N/c1-21-27(23-13-7-4-8-14-23)19-25(22-11-5-3-6-12-22)20-28(21)29-26-16-10-9-15-24(26)17-18-30(29)2;1-19-25(21-11-5-6-12-21)17-23(20-9-3-4-10-20)18-26(19)27-24-14-8-7-13-22(24)15-16-28(27)2;1-17-14-22(20-10-6-5-7-11-20)16-24(19(17)3)25-23-13-9-8-12-21(23)15-18(2)26(25)4;1-16-13-21(19-9-5-6-10-19)15-23(18(16)3)24-22-12-8-7-11-20(22)14-17(2)25(24)4;1-17-13-14-20(19-9-5-4-6-10-19)16-23(17)24-22-12-8-7-11-21(22)15-18(2)25(24)3/h9-10,15-20,22-23H,3-8,11-14H2,1-2H3;7-8,13-18,20-21H,3-6,9-12H2,1-2H3;8-9,12-16,20H,5-7,10-11H2,1-4H3;7-8,11-15,19H,5-6,9-10H2,1-4H3;7-8,11-16,19H,4-6,9-10H2,1-3H3/q5*+1/i18D;16D;;;. The molecule has 134 heavy (non-hydrogen) atoms. The monoisotopic (exact) mass is 1780 g/mol. The molecule has 0 amide bonds. The molecule has 5 nitrogen and oxygen atoms in total. The van der Waals surface area contributed by atoms with Crippen molar-refractivity contribution >= 4 is 53.9 Å². The maximum absolute atomic E-state index is 8.62. The summed E-state index contributed by atoms with van der Waals surface area (Å²) in [6, 6.07) is 81.6. The van der Waals surface area contributed by atoms with Gasteiger partial charge in [0.15, 0.2) is 29.4 Å². The van der Waals surface area contributed by atoms with Crippen LogP contribution < -0.4 is 22.8 Å². The lowest BCUT2D eigenvalue weighted by Gasteiger charge is -2.28. The first-order chi connectivity index (χ1) is 66.0. The Labute approximate surface area is 807 Å². The van der Waals surface area contributed by atoms with Gasteiger partial charge in [-0.05, 0) is 345 Å². The maximum atomic E-state index is 8.62. The third-order valence-corrected chi connectivity index (χ3v) is 33.8. The minimum Gasteiger partial charge on any atom is -0.200 e. The summed E-state index contributed by atoms with van der Waals surface area (Å²) in [5.41, 5.74) is 38.1. The van der Waals surface area contributed by atoms with Crippen molar-refractivity contribution in [1.82, 2.24) is 0 Å². The molecule has 7 aliphatic carbocycles. The number of hydrogen-bond acceptors (Lipinski definition) is 0. The lowest BCUT2D eigenvalue weighted by atomic mass is 9.76. The van der Waals surface area contributed by atoms with E-state index < -0.39 is 0 Å². The molecule has 0 unspecified atom stereocenters. The van der Waals surface area contributed by atoms with E-state index in [0.29, 0.717) is 36.0 Å². The molecule has 0 spiro atoms. The number of rotatable bonds is 12. The Hall–Kier alpha value is -10.8. The fraction of sp³-hybridized carbons (Fsp3) is 0.419. The van der Waals surface area contributed by atoms with E-state index in [1.165, 1.54) is 377 Å². The number of nitrogens with zero attached hydrogens (tertiary/aromatic N) is 5. The number of aromatic nitrogens is 5. The minimum atomic E-state index is 0.576. The highest BCUT2D eigenvalue weighted by molar-refractivity contribution is 5.98. The van der Waals surface area contributed by atoms with Crippen molar-refractivity contribution in [2.75, 3.05) is 0 Å². The quantitative estimate of drug-likeness (QED) is 0.109. The summed E-state index contributed by atoms with van der Waals surface area (Å²) in [4.78, 5) is 0. The summed E-state index contributed by atoms with van der Waals surface area (Å²) in [7, 11) is 10.7. The normalized spacial score (nSPS) is 17.0. The SMILES string of the molecule is Cc1cc(C2CCCC2)cc(-c2c3ccccc3cc(C)[n+]2C)c1C.Cc1cc(C2CCCCC2)cc(-c2c3ccccc3cc(C)[n+]2C)c1C.Cc1ccc(C2CCCCC2)cc1-c1c2ccccc2cc(C)[n+]1C.[2H]c1cc2ccccc2c(-c2cc(C3CCCC3)cc(C3CCCC3)c2C)[n+]1C.[2H]c1cc2ccccc2c(-c2cc(C3CCCCC3)cc(C3CCCCC3)c2C)[n+]1C. The van der Waals surface area contributed by atoms with Gasteiger partial charge in [-0.25, -0.2) is 9.13 Å². The van der Waals surface area contributed by atoms with E-state index in [4.69, 9.17) is 2.74 Å². The molecule has 22 rings (SSSR count). The molecule has 7 fully saturated rings. The van der Waals surface area contributed by atoms with E-state index >= 15 is 0 Å². The molecule has 5 heterocycles. The molecule has 0 saturated heterocycles. The summed E-state index contributed by atoms with van der Waals surface area (Å²) in [5.74, 6) is 5.06. The highest BCUT2D eigenvalue weighted by Crippen LogP contribution is 2.49. The number of pyridine rings is 5. The van der Waals surface area contributed by atoms with E-state index in [9.17, 15) is 0 Å². The second-order valence-electron chi connectivity index (χ2n) is 42.3. The fourth-order valence-electron chi connectivity index (χ4n) is 25.4. The van der Waals surface area contributed by atoms with E-state index in [0.717, 1.165) is 17.8 Å². The van der Waals surface area contributed by atoms with Crippen LogP contribution in [0.3, 0.4) is 0 Å². The maximum Gasteiger partial charge on any atom is 0.220 e. The van der Waals surface area contributed by atoms with E-state index in [1.54, 1.807) is 33.4 Å². The summed E-state index contributed by atoms with van der Waals surface area (Å²) in [6.45, 7) is 22.7. The van der Waals surface area contributed by atoms with Crippen molar-refractivity contribution in [3.63, 3.8) is 0 Å². The second kappa shape index (κ2) is 42.2. The zero-order valence-electron chi connectivity index (χ0n) is 86.2. The van der Waals surface area contributed by atoms with Gasteiger partial charge in [0, 0.05) is 56.7 Å². The van der Waals surface area contributed by atoms with Crippen LogP contribution in [-0.4, -0.2) is 0 Å². The number of aryl methyl sites for hydroxylation is 6. The van der Waals surface area contributed by atoms with Gasteiger partial charge in [-0.2, -0.15) is 13.7 Å². The largest absolute Gasteiger partial charge is 0.220 e. The van der Waals surface area contributed by atoms with Crippen molar-refractivity contribution in [2.45, 2.75) is 316 Å². The minimum absolute atomic E-state index is 0.576. The summed E-state index contributed by atoms with van der Waals surface area (Å²) in [5, 5.41) is 12.9. The van der Waals surface area contributed by atoms with Gasteiger partial charge in [-0.3, -0.25) is 0 Å². The summed E-state index contributed by atoms with van der Waals surface area (Å²) < 4.78 is 28.5. The van der Waals surface area contributed by atoms with Crippen molar-refractivity contribution < 1.29 is 25.6 Å². The van der Waals surface area contributed by atoms with Gasteiger partial charge in [0.1, 0.15) is 38.0 Å². The Morgan fingerprint density at radius 2 is 0.455 bits per heavy atom. The zero-order valence-corrected chi connectivity index (χ0v) is 84.2. The van der Waals surface area contributed by atoms with E-state index in [-0.39, 0.29) is 0 Å². The molecule has 10 aromatic carbocycles. The Kier molecular flexibility index (Phi) is 28.7. The van der Waals surface area contributed by atoms with Gasteiger partial charge < -0.3 is 0 Å². The lowest BCUT2D eigenvalue weighted by molar-refractivity contribution is -0.665. The van der Waals surface area contributed by atoms with Crippen LogP contribution in [-0.2, 0) is 35.2 Å². The average molecular weight is 1780 g/mol. The molecule has 0 atom stereocenters. The van der Waals surface area contributed by atoms with Gasteiger partial charge in [-0.1, -0.05) is 243 Å². The molecule has 690 valence electrons. The molecule has 5 heteroatoms. The zero-order chi connectivity index (χ0) is 94.5. The molecule has 15 aromatic rings. The van der Waals surface area contributed by atoms with Crippen LogP contribution >= 0.6 is 0 Å². The highest BCUT2D eigenvalue weighted by atomic mass is 15.0. The van der Waals surface area contributed by atoms with Gasteiger partial charge in [-0.15, -0.1) is 0 Å². The molecule has 5 aromatic heterocycles. The predicted octanol–water partition coefficient (Wildman–Crippen LogP) is 32.9. The van der Waals surface area contributed by atoms with Crippen LogP contribution in [0.2, 0.25) is 0 Å².